The summed E-state index contributed by atoms with van der Waals surface area (Å²) in [5.41, 5.74) is 1.03. The minimum absolute atomic E-state index is 0.0105. The Morgan fingerprint density at radius 1 is 0.919 bits per heavy atom. The summed E-state index contributed by atoms with van der Waals surface area (Å²) in [6.07, 6.45) is 0.738. The first-order valence-corrected chi connectivity index (χ1v) is 14.0. The minimum Gasteiger partial charge on any atom is -0.354 e. The molecule has 3 aromatic carbocycles. The van der Waals surface area contributed by atoms with Gasteiger partial charge in [-0.25, -0.2) is 8.42 Å². The Morgan fingerprint density at radius 2 is 1.59 bits per heavy atom. The molecule has 196 valence electrons. The largest absolute Gasteiger partial charge is 0.354 e. The van der Waals surface area contributed by atoms with Crippen LogP contribution in [0.5, 0.6) is 0 Å². The highest BCUT2D eigenvalue weighted by atomic mass is 35.5. The van der Waals surface area contributed by atoms with Crippen molar-refractivity contribution in [2.24, 2.45) is 0 Å². The molecule has 0 aliphatic carbocycles. The lowest BCUT2D eigenvalue weighted by Crippen LogP contribution is -2.51. The molecule has 1 N–H and O–H groups in total. The summed E-state index contributed by atoms with van der Waals surface area (Å²) < 4.78 is 28.4. The SMILES string of the molecule is CCCNC(=O)[C@@H](C)N(Cc1cccc(Cl)c1)C(=O)CN(c1ccccc1)S(=O)(=O)c1ccc(Cl)cc1. The van der Waals surface area contributed by atoms with Crippen LogP contribution in [0, 0.1) is 0 Å². The van der Waals surface area contributed by atoms with Crippen LogP contribution in [-0.2, 0) is 26.2 Å². The predicted octanol–water partition coefficient (Wildman–Crippen LogP) is 5.13. The zero-order valence-electron chi connectivity index (χ0n) is 20.6. The van der Waals surface area contributed by atoms with Crippen molar-refractivity contribution >= 4 is 50.7 Å². The number of anilines is 1. The van der Waals surface area contributed by atoms with Crippen LogP contribution in [0.3, 0.4) is 0 Å². The van der Waals surface area contributed by atoms with Gasteiger partial charge in [-0.2, -0.15) is 0 Å². The lowest BCUT2D eigenvalue weighted by Gasteiger charge is -2.32. The highest BCUT2D eigenvalue weighted by molar-refractivity contribution is 7.92. The van der Waals surface area contributed by atoms with E-state index in [0.717, 1.165) is 10.7 Å². The van der Waals surface area contributed by atoms with Crippen molar-refractivity contribution in [1.29, 1.82) is 0 Å². The van der Waals surface area contributed by atoms with E-state index in [1.54, 1.807) is 61.5 Å². The van der Waals surface area contributed by atoms with Crippen LogP contribution < -0.4 is 9.62 Å². The van der Waals surface area contributed by atoms with E-state index in [-0.39, 0.29) is 17.3 Å². The fraction of sp³-hybridized carbons (Fsp3) is 0.259. The molecule has 7 nitrogen and oxygen atoms in total. The van der Waals surface area contributed by atoms with Crippen LogP contribution in [0.4, 0.5) is 5.69 Å². The molecule has 0 spiro atoms. The molecule has 0 saturated carbocycles. The first-order chi connectivity index (χ1) is 17.6. The van der Waals surface area contributed by atoms with Crippen molar-refractivity contribution in [3.8, 4) is 0 Å². The lowest BCUT2D eigenvalue weighted by molar-refractivity contribution is -0.139. The highest BCUT2D eigenvalue weighted by Crippen LogP contribution is 2.25. The number of amides is 2. The minimum atomic E-state index is -4.13. The van der Waals surface area contributed by atoms with Gasteiger partial charge in [0.2, 0.25) is 11.8 Å². The van der Waals surface area contributed by atoms with Crippen LogP contribution in [0.25, 0.3) is 0 Å². The van der Waals surface area contributed by atoms with E-state index in [1.807, 2.05) is 6.92 Å². The molecule has 0 unspecified atom stereocenters. The molecule has 1 atom stereocenters. The number of nitrogens with zero attached hydrogens (tertiary/aromatic N) is 2. The summed E-state index contributed by atoms with van der Waals surface area (Å²) in [4.78, 5) is 27.9. The predicted molar refractivity (Wildman–Crippen MR) is 147 cm³/mol. The van der Waals surface area contributed by atoms with E-state index < -0.39 is 28.5 Å². The number of hydrogen-bond donors (Lipinski definition) is 1. The molecule has 0 aromatic heterocycles. The molecular weight excluding hydrogens is 533 g/mol. The standard InChI is InChI=1S/C27H29Cl2N3O4S/c1-3-16-30-27(34)20(2)31(18-21-8-7-9-23(29)17-21)26(33)19-32(24-10-5-4-6-11-24)37(35,36)25-14-12-22(28)13-15-25/h4-15,17,20H,3,16,18-19H2,1-2H3,(H,30,34)/t20-/m1/s1. The zero-order valence-corrected chi connectivity index (χ0v) is 22.9. The van der Waals surface area contributed by atoms with Gasteiger partial charge < -0.3 is 10.2 Å². The zero-order chi connectivity index (χ0) is 27.0. The summed E-state index contributed by atoms with van der Waals surface area (Å²) in [5, 5.41) is 3.69. The van der Waals surface area contributed by atoms with Crippen molar-refractivity contribution in [3.05, 3.63) is 94.5 Å². The number of benzene rings is 3. The van der Waals surface area contributed by atoms with Gasteiger partial charge in [-0.05, 0) is 67.4 Å². The summed E-state index contributed by atoms with van der Waals surface area (Å²) in [5.74, 6) is -0.871. The maximum atomic E-state index is 13.8. The molecule has 0 aliphatic rings. The van der Waals surface area contributed by atoms with E-state index >= 15 is 0 Å². The Kier molecular flexibility index (Phi) is 9.97. The quantitative estimate of drug-likeness (QED) is 0.351. The van der Waals surface area contributed by atoms with E-state index in [4.69, 9.17) is 23.2 Å². The molecule has 0 heterocycles. The number of carbonyl (C=O) groups excluding carboxylic acids is 2. The van der Waals surface area contributed by atoms with Crippen LogP contribution in [0.1, 0.15) is 25.8 Å². The molecule has 3 aromatic rings. The number of para-hydroxylation sites is 1. The summed E-state index contributed by atoms with van der Waals surface area (Å²) in [6.45, 7) is 3.57. The third-order valence-electron chi connectivity index (χ3n) is 5.68. The number of nitrogens with one attached hydrogen (secondary N) is 1. The van der Waals surface area contributed by atoms with Crippen molar-refractivity contribution < 1.29 is 18.0 Å². The van der Waals surface area contributed by atoms with Gasteiger partial charge in [-0.3, -0.25) is 13.9 Å². The molecule has 3 rings (SSSR count). The van der Waals surface area contributed by atoms with Gasteiger partial charge in [0.15, 0.2) is 0 Å². The molecule has 0 fully saturated rings. The van der Waals surface area contributed by atoms with Crippen LogP contribution in [-0.4, -0.2) is 44.3 Å². The second-order valence-electron chi connectivity index (χ2n) is 8.42. The Hall–Kier alpha value is -3.07. The number of halogens is 2. The van der Waals surface area contributed by atoms with E-state index in [9.17, 15) is 18.0 Å². The van der Waals surface area contributed by atoms with E-state index in [1.165, 1.54) is 29.2 Å². The number of carbonyl (C=O) groups is 2. The maximum Gasteiger partial charge on any atom is 0.264 e. The van der Waals surface area contributed by atoms with E-state index in [2.05, 4.69) is 5.32 Å². The molecule has 37 heavy (non-hydrogen) atoms. The Labute approximate surface area is 228 Å². The van der Waals surface area contributed by atoms with Crippen molar-refractivity contribution in [3.63, 3.8) is 0 Å². The lowest BCUT2D eigenvalue weighted by atomic mass is 10.1. The van der Waals surface area contributed by atoms with Crippen molar-refractivity contribution in [1.82, 2.24) is 10.2 Å². The number of rotatable bonds is 11. The van der Waals surface area contributed by atoms with Crippen LogP contribution in [0.2, 0.25) is 10.0 Å². The monoisotopic (exact) mass is 561 g/mol. The normalized spacial score (nSPS) is 12.0. The molecule has 0 bridgehead atoms. The smallest absolute Gasteiger partial charge is 0.264 e. The van der Waals surface area contributed by atoms with Crippen molar-refractivity contribution in [2.45, 2.75) is 37.8 Å². The maximum absolute atomic E-state index is 13.8. The average Bonchev–Trinajstić information content (AvgIpc) is 2.89. The van der Waals surface area contributed by atoms with Gasteiger partial charge in [0, 0.05) is 23.1 Å². The van der Waals surface area contributed by atoms with E-state index in [0.29, 0.717) is 27.8 Å². The topological polar surface area (TPSA) is 86.8 Å². The van der Waals surface area contributed by atoms with Gasteiger partial charge in [-0.15, -0.1) is 0 Å². The fourth-order valence-electron chi connectivity index (χ4n) is 3.67. The first-order valence-electron chi connectivity index (χ1n) is 11.8. The van der Waals surface area contributed by atoms with Gasteiger partial charge in [0.1, 0.15) is 12.6 Å². The second-order valence-corrected chi connectivity index (χ2v) is 11.2. The molecule has 2 amide bonds. The fourth-order valence-corrected chi connectivity index (χ4v) is 5.42. The third-order valence-corrected chi connectivity index (χ3v) is 7.96. The summed E-state index contributed by atoms with van der Waals surface area (Å²) in [6, 6.07) is 20.2. The van der Waals surface area contributed by atoms with Crippen LogP contribution in [0.15, 0.2) is 83.8 Å². The summed E-state index contributed by atoms with van der Waals surface area (Å²) in [7, 11) is -4.13. The average molecular weight is 563 g/mol. The third kappa shape index (κ3) is 7.47. The highest BCUT2D eigenvalue weighted by Gasteiger charge is 2.32. The Morgan fingerprint density at radius 3 is 2.22 bits per heavy atom. The number of sulfonamides is 1. The molecular formula is C27H29Cl2N3O4S. The molecule has 0 radical (unpaired) electrons. The number of hydrogen-bond acceptors (Lipinski definition) is 4. The van der Waals surface area contributed by atoms with Crippen molar-refractivity contribution in [2.75, 3.05) is 17.4 Å². The molecule has 0 saturated heterocycles. The Bertz CT molecular complexity index is 1320. The van der Waals surface area contributed by atoms with Gasteiger partial charge >= 0.3 is 0 Å². The molecule has 0 aliphatic heterocycles. The first kappa shape index (κ1) is 28.5. The second kappa shape index (κ2) is 12.9. The molecule has 10 heteroatoms. The Balaban J connectivity index is 1.99. The van der Waals surface area contributed by atoms with Gasteiger partial charge in [-0.1, -0.05) is 60.5 Å². The van der Waals surface area contributed by atoms with Gasteiger partial charge in [0.05, 0.1) is 10.6 Å². The summed E-state index contributed by atoms with van der Waals surface area (Å²) >= 11 is 12.1. The van der Waals surface area contributed by atoms with Crippen LogP contribution >= 0.6 is 23.2 Å². The van der Waals surface area contributed by atoms with Gasteiger partial charge in [0.25, 0.3) is 10.0 Å².